The molecule has 2 atom stereocenters. The van der Waals surface area contributed by atoms with Crippen molar-refractivity contribution in [2.75, 3.05) is 6.61 Å². The maximum atomic E-state index is 14.5. The lowest BCUT2D eigenvalue weighted by Crippen LogP contribution is -2.26. The fourth-order valence-corrected chi connectivity index (χ4v) is 6.78. The van der Waals surface area contributed by atoms with Crippen LogP contribution in [0.25, 0.3) is 0 Å². The Bertz CT molecular complexity index is 1070. The first-order chi connectivity index (χ1) is 15.6. The highest BCUT2D eigenvalue weighted by atomic mass is 31.2. The van der Waals surface area contributed by atoms with E-state index >= 15 is 0 Å². The zero-order chi connectivity index (χ0) is 22.4. The molecular formula is C26H26NO4P. The second-order valence-corrected chi connectivity index (χ2v) is 10.3. The van der Waals surface area contributed by atoms with Crippen molar-refractivity contribution >= 4 is 23.8 Å². The van der Waals surface area contributed by atoms with Crippen LogP contribution in [0.5, 0.6) is 0 Å². The average Bonchev–Trinajstić information content (AvgIpc) is 3.62. The number of carbonyl (C=O) groups excluding carboxylic acids is 1. The van der Waals surface area contributed by atoms with Gasteiger partial charge >= 0.3 is 6.09 Å². The molecule has 0 unspecified atom stereocenters. The largest absolute Gasteiger partial charge is 0.447 e. The van der Waals surface area contributed by atoms with Crippen LogP contribution in [0.1, 0.15) is 12.5 Å². The summed E-state index contributed by atoms with van der Waals surface area (Å²) in [5.74, 6) is 0. The standard InChI is InChI=1S/C26H26NO4P/c1-2-24(32(29,21-14-8-4-9-15-21)22-16-10-5-11-17-22)25-23(31-25)19-30-26(28)27-18-20-12-6-3-7-13-20/h2-17,23,25H,18-19H2,1H3,(H,27,28)/b24-2+/t23-,25+/m0/s1. The third-order valence-electron chi connectivity index (χ3n) is 5.43. The van der Waals surface area contributed by atoms with Crippen LogP contribution in [0.3, 0.4) is 0 Å². The molecule has 0 radical (unpaired) electrons. The van der Waals surface area contributed by atoms with E-state index in [2.05, 4.69) is 5.32 Å². The van der Waals surface area contributed by atoms with E-state index in [9.17, 15) is 9.36 Å². The van der Waals surface area contributed by atoms with Crippen molar-refractivity contribution in [1.82, 2.24) is 5.32 Å². The number of nitrogens with one attached hydrogen (secondary N) is 1. The number of amides is 1. The smallest absolute Gasteiger partial charge is 0.407 e. The minimum atomic E-state index is -3.09. The van der Waals surface area contributed by atoms with E-state index in [0.717, 1.165) is 21.5 Å². The predicted molar refractivity (Wildman–Crippen MR) is 127 cm³/mol. The number of alkyl carbamates (subject to hydrolysis) is 1. The third kappa shape index (κ3) is 4.85. The second-order valence-electron chi connectivity index (χ2n) is 7.53. The highest BCUT2D eigenvalue weighted by Gasteiger charge is 2.49. The molecule has 4 rings (SSSR count). The maximum Gasteiger partial charge on any atom is 0.407 e. The zero-order valence-corrected chi connectivity index (χ0v) is 18.8. The molecule has 0 aliphatic carbocycles. The summed E-state index contributed by atoms with van der Waals surface area (Å²) in [5, 5.41) is 4.98. The van der Waals surface area contributed by atoms with E-state index in [-0.39, 0.29) is 18.8 Å². The van der Waals surface area contributed by atoms with Crippen molar-refractivity contribution in [2.45, 2.75) is 25.7 Å². The Labute approximate surface area is 188 Å². The predicted octanol–water partition coefficient (Wildman–Crippen LogP) is 4.60. The van der Waals surface area contributed by atoms with Crippen molar-refractivity contribution in [3.05, 3.63) is 108 Å². The Morgan fingerprint density at radius 2 is 1.47 bits per heavy atom. The van der Waals surface area contributed by atoms with E-state index in [1.54, 1.807) is 0 Å². The molecule has 0 aromatic heterocycles. The number of hydrogen-bond acceptors (Lipinski definition) is 4. The fraction of sp³-hybridized carbons (Fsp3) is 0.192. The average molecular weight is 447 g/mol. The van der Waals surface area contributed by atoms with Crippen molar-refractivity contribution in [2.24, 2.45) is 0 Å². The summed E-state index contributed by atoms with van der Waals surface area (Å²) >= 11 is 0. The van der Waals surface area contributed by atoms with Gasteiger partial charge in [0.25, 0.3) is 0 Å². The maximum absolute atomic E-state index is 14.5. The Balaban J connectivity index is 1.43. The topological polar surface area (TPSA) is 67.9 Å². The number of epoxide rings is 1. The minimum Gasteiger partial charge on any atom is -0.447 e. The van der Waals surface area contributed by atoms with Gasteiger partial charge in [0.15, 0.2) is 7.14 Å². The zero-order valence-electron chi connectivity index (χ0n) is 17.9. The molecule has 3 aromatic rings. The number of carbonyl (C=O) groups is 1. The molecule has 1 heterocycles. The first-order valence-electron chi connectivity index (χ1n) is 10.6. The van der Waals surface area contributed by atoms with Gasteiger partial charge in [0.05, 0.1) is 0 Å². The summed E-state index contributed by atoms with van der Waals surface area (Å²) in [6, 6.07) is 28.6. The Morgan fingerprint density at radius 3 is 2.00 bits per heavy atom. The molecule has 1 fully saturated rings. The fourth-order valence-electron chi connectivity index (χ4n) is 3.76. The van der Waals surface area contributed by atoms with Crippen LogP contribution in [0.15, 0.2) is 102 Å². The summed E-state index contributed by atoms with van der Waals surface area (Å²) < 4.78 is 25.7. The SMILES string of the molecule is C/C=C(\[C@@H]1O[C@H]1COC(=O)NCc1ccccc1)P(=O)(c1ccccc1)c1ccccc1. The summed E-state index contributed by atoms with van der Waals surface area (Å²) in [7, 11) is -3.09. The summed E-state index contributed by atoms with van der Waals surface area (Å²) in [6.07, 6.45) is 0.706. The molecule has 1 aliphatic rings. The highest BCUT2D eigenvalue weighted by Crippen LogP contribution is 2.57. The molecule has 3 aromatic carbocycles. The van der Waals surface area contributed by atoms with E-state index in [1.807, 2.05) is 104 Å². The molecule has 32 heavy (non-hydrogen) atoms. The van der Waals surface area contributed by atoms with Crippen LogP contribution in [-0.4, -0.2) is 24.9 Å². The number of hydrogen-bond donors (Lipinski definition) is 1. The summed E-state index contributed by atoms with van der Waals surface area (Å²) in [5.41, 5.74) is 0.993. The number of rotatable bonds is 8. The summed E-state index contributed by atoms with van der Waals surface area (Å²) in [4.78, 5) is 12.1. The Kier molecular flexibility index (Phi) is 6.89. The van der Waals surface area contributed by atoms with Crippen LogP contribution in [0, 0.1) is 0 Å². The Hall–Kier alpha value is -3.14. The van der Waals surface area contributed by atoms with E-state index in [0.29, 0.717) is 6.54 Å². The van der Waals surface area contributed by atoms with Crippen molar-refractivity contribution < 1.29 is 18.8 Å². The van der Waals surface area contributed by atoms with Crippen LogP contribution in [0.2, 0.25) is 0 Å². The van der Waals surface area contributed by atoms with Gasteiger partial charge in [-0.15, -0.1) is 0 Å². The Morgan fingerprint density at radius 1 is 0.938 bits per heavy atom. The monoisotopic (exact) mass is 447 g/mol. The molecule has 6 heteroatoms. The molecule has 1 saturated heterocycles. The second kappa shape index (κ2) is 9.99. The lowest BCUT2D eigenvalue weighted by Gasteiger charge is -2.21. The van der Waals surface area contributed by atoms with E-state index < -0.39 is 13.2 Å². The highest BCUT2D eigenvalue weighted by molar-refractivity contribution is 7.82. The number of benzene rings is 3. The normalized spacial score (nSPS) is 18.1. The van der Waals surface area contributed by atoms with Crippen LogP contribution in [-0.2, 0) is 20.6 Å². The lowest BCUT2D eigenvalue weighted by atomic mass is 10.2. The van der Waals surface area contributed by atoms with Gasteiger partial charge in [-0.1, -0.05) is 97.1 Å². The molecule has 1 N–H and O–H groups in total. The van der Waals surface area contributed by atoms with E-state index in [4.69, 9.17) is 9.47 Å². The molecule has 1 amide bonds. The van der Waals surface area contributed by atoms with Gasteiger partial charge in [-0.05, 0) is 12.5 Å². The number of allylic oxidation sites excluding steroid dienone is 1. The first-order valence-corrected chi connectivity index (χ1v) is 12.3. The first kappa shape index (κ1) is 22.1. The summed E-state index contributed by atoms with van der Waals surface area (Å²) in [6.45, 7) is 2.37. The van der Waals surface area contributed by atoms with E-state index in [1.165, 1.54) is 0 Å². The van der Waals surface area contributed by atoms with Crippen molar-refractivity contribution in [3.63, 3.8) is 0 Å². The van der Waals surface area contributed by atoms with Gasteiger partial charge < -0.3 is 19.4 Å². The molecule has 0 bridgehead atoms. The van der Waals surface area contributed by atoms with Gasteiger partial charge in [-0.25, -0.2) is 4.79 Å². The van der Waals surface area contributed by atoms with Crippen molar-refractivity contribution in [3.8, 4) is 0 Å². The third-order valence-corrected chi connectivity index (χ3v) is 8.72. The molecule has 0 spiro atoms. The molecule has 1 aliphatic heterocycles. The molecule has 0 saturated carbocycles. The minimum absolute atomic E-state index is 0.103. The van der Waals surface area contributed by atoms with Crippen molar-refractivity contribution in [1.29, 1.82) is 0 Å². The van der Waals surface area contributed by atoms with Gasteiger partial charge in [0.1, 0.15) is 18.8 Å². The molecule has 5 nitrogen and oxygen atoms in total. The number of ether oxygens (including phenoxy) is 2. The van der Waals surface area contributed by atoms with Crippen LogP contribution >= 0.6 is 7.14 Å². The van der Waals surface area contributed by atoms with Crippen LogP contribution < -0.4 is 15.9 Å². The van der Waals surface area contributed by atoms with Gasteiger partial charge in [0, 0.05) is 22.5 Å². The van der Waals surface area contributed by atoms with Gasteiger partial charge in [-0.3, -0.25) is 0 Å². The quantitative estimate of drug-likeness (QED) is 0.405. The molecule has 164 valence electrons. The van der Waals surface area contributed by atoms with Crippen LogP contribution in [0.4, 0.5) is 4.79 Å². The van der Waals surface area contributed by atoms with Gasteiger partial charge in [-0.2, -0.15) is 0 Å². The lowest BCUT2D eigenvalue weighted by molar-refractivity contribution is 0.135. The molecular weight excluding hydrogens is 421 g/mol. The van der Waals surface area contributed by atoms with Gasteiger partial charge in [0.2, 0.25) is 0 Å².